The highest BCUT2D eigenvalue weighted by atomic mass is 35.5. The van der Waals surface area contributed by atoms with Gasteiger partial charge in [-0.3, -0.25) is 0 Å². The van der Waals surface area contributed by atoms with Gasteiger partial charge in [0.2, 0.25) is 10.0 Å². The summed E-state index contributed by atoms with van der Waals surface area (Å²) in [6.07, 6.45) is 0. The van der Waals surface area contributed by atoms with Crippen LogP contribution < -0.4 is 4.72 Å². The first-order valence-corrected chi connectivity index (χ1v) is 8.04. The molecule has 2 aromatic carbocycles. The van der Waals surface area contributed by atoms with Crippen LogP contribution >= 0.6 is 11.6 Å². The van der Waals surface area contributed by atoms with Crippen LogP contribution in [0.1, 0.15) is 16.7 Å². The minimum atomic E-state index is -3.75. The zero-order chi connectivity index (χ0) is 15.5. The van der Waals surface area contributed by atoms with Crippen molar-refractivity contribution in [2.45, 2.75) is 18.4 Å². The molecule has 0 aliphatic heterocycles. The number of aryl methyl sites for hydroxylation is 1. The van der Waals surface area contributed by atoms with Gasteiger partial charge in [-0.25, -0.2) is 13.1 Å². The Morgan fingerprint density at radius 1 is 1.24 bits per heavy atom. The maximum Gasteiger partial charge on any atom is 0.242 e. The Balaban J connectivity index is 2.28. The van der Waals surface area contributed by atoms with E-state index in [1.807, 2.05) is 6.07 Å². The number of rotatable bonds is 4. The second kappa shape index (κ2) is 6.27. The average Bonchev–Trinajstić information content (AvgIpc) is 2.45. The Morgan fingerprint density at radius 3 is 2.62 bits per heavy atom. The summed E-state index contributed by atoms with van der Waals surface area (Å²) in [6.45, 7) is 1.82. The van der Waals surface area contributed by atoms with Gasteiger partial charge in [-0.1, -0.05) is 35.9 Å². The van der Waals surface area contributed by atoms with Crippen LogP contribution in [0.5, 0.6) is 0 Å². The molecule has 0 aliphatic carbocycles. The van der Waals surface area contributed by atoms with Gasteiger partial charge in [0.15, 0.2) is 0 Å². The van der Waals surface area contributed by atoms with Crippen molar-refractivity contribution in [2.24, 2.45) is 0 Å². The summed E-state index contributed by atoms with van der Waals surface area (Å²) < 4.78 is 27.1. The zero-order valence-corrected chi connectivity index (χ0v) is 12.9. The minimum absolute atomic E-state index is 0.00738. The van der Waals surface area contributed by atoms with E-state index in [0.717, 1.165) is 5.56 Å². The Labute approximate surface area is 129 Å². The second-order valence-electron chi connectivity index (χ2n) is 4.51. The van der Waals surface area contributed by atoms with Crippen LogP contribution in [0.15, 0.2) is 47.4 Å². The van der Waals surface area contributed by atoms with Crippen LogP contribution in [-0.4, -0.2) is 8.42 Å². The molecule has 0 spiro atoms. The molecule has 0 heterocycles. The standard InChI is InChI=1S/C15H13ClN2O2S/c1-11-4-2-7-15(14(11)9-17)21(19,20)18-10-12-5-3-6-13(16)8-12/h2-8,18H,10H2,1H3. The molecule has 108 valence electrons. The molecule has 0 atom stereocenters. The summed E-state index contributed by atoms with van der Waals surface area (Å²) in [5.41, 5.74) is 1.54. The summed E-state index contributed by atoms with van der Waals surface area (Å²) in [4.78, 5) is -0.00738. The lowest BCUT2D eigenvalue weighted by molar-refractivity contribution is 0.581. The highest BCUT2D eigenvalue weighted by Crippen LogP contribution is 2.19. The number of nitrogens with one attached hydrogen (secondary N) is 1. The van der Waals surface area contributed by atoms with Crippen molar-refractivity contribution in [3.05, 3.63) is 64.2 Å². The van der Waals surface area contributed by atoms with Crippen molar-refractivity contribution >= 4 is 21.6 Å². The van der Waals surface area contributed by atoms with Crippen LogP contribution in [0, 0.1) is 18.3 Å². The fourth-order valence-corrected chi connectivity index (χ4v) is 3.37. The number of sulfonamides is 1. The molecule has 0 bridgehead atoms. The molecule has 0 aromatic heterocycles. The predicted octanol–water partition coefficient (Wildman–Crippen LogP) is 3.00. The largest absolute Gasteiger partial charge is 0.242 e. The molecule has 1 N–H and O–H groups in total. The van der Waals surface area contributed by atoms with Crippen molar-refractivity contribution in [2.75, 3.05) is 0 Å². The number of benzene rings is 2. The van der Waals surface area contributed by atoms with Crippen molar-refractivity contribution < 1.29 is 8.42 Å². The van der Waals surface area contributed by atoms with Gasteiger partial charge >= 0.3 is 0 Å². The van der Waals surface area contributed by atoms with E-state index in [1.165, 1.54) is 6.07 Å². The molecule has 0 saturated heterocycles. The third kappa shape index (κ3) is 3.61. The molecule has 0 saturated carbocycles. The Kier molecular flexibility index (Phi) is 4.63. The zero-order valence-electron chi connectivity index (χ0n) is 11.3. The number of hydrogen-bond donors (Lipinski definition) is 1. The Morgan fingerprint density at radius 2 is 1.95 bits per heavy atom. The molecule has 0 unspecified atom stereocenters. The first-order chi connectivity index (χ1) is 9.94. The number of nitriles is 1. The molecule has 2 aromatic rings. The van der Waals surface area contributed by atoms with Crippen LogP contribution in [0.4, 0.5) is 0 Å². The van der Waals surface area contributed by atoms with Gasteiger partial charge in [0.05, 0.1) is 5.56 Å². The van der Waals surface area contributed by atoms with Gasteiger partial charge in [-0.05, 0) is 36.2 Å². The molecule has 0 aliphatic rings. The SMILES string of the molecule is Cc1cccc(S(=O)(=O)NCc2cccc(Cl)c2)c1C#N. The molecular weight excluding hydrogens is 308 g/mol. The number of halogens is 1. The minimum Gasteiger partial charge on any atom is -0.207 e. The van der Waals surface area contributed by atoms with Gasteiger partial charge in [0.25, 0.3) is 0 Å². The molecule has 4 nitrogen and oxygen atoms in total. The lowest BCUT2D eigenvalue weighted by atomic mass is 10.1. The molecule has 21 heavy (non-hydrogen) atoms. The van der Waals surface area contributed by atoms with Gasteiger partial charge in [0.1, 0.15) is 11.0 Å². The highest BCUT2D eigenvalue weighted by Gasteiger charge is 2.19. The summed E-state index contributed by atoms with van der Waals surface area (Å²) in [5, 5.41) is 9.67. The summed E-state index contributed by atoms with van der Waals surface area (Å²) >= 11 is 5.86. The van der Waals surface area contributed by atoms with E-state index in [-0.39, 0.29) is 17.0 Å². The molecular formula is C15H13ClN2O2S. The third-order valence-corrected chi connectivity index (χ3v) is 4.67. The van der Waals surface area contributed by atoms with E-state index in [0.29, 0.717) is 10.6 Å². The van der Waals surface area contributed by atoms with E-state index >= 15 is 0 Å². The van der Waals surface area contributed by atoms with E-state index in [1.54, 1.807) is 43.3 Å². The fourth-order valence-electron chi connectivity index (χ4n) is 1.91. The van der Waals surface area contributed by atoms with Gasteiger partial charge in [-0.2, -0.15) is 5.26 Å². The normalized spacial score (nSPS) is 11.1. The number of nitrogens with zero attached hydrogens (tertiary/aromatic N) is 1. The Bertz CT molecular complexity index is 811. The monoisotopic (exact) mass is 320 g/mol. The average molecular weight is 321 g/mol. The van der Waals surface area contributed by atoms with Crippen molar-refractivity contribution in [1.29, 1.82) is 5.26 Å². The second-order valence-corrected chi connectivity index (χ2v) is 6.69. The Hall–Kier alpha value is -1.87. The van der Waals surface area contributed by atoms with Gasteiger partial charge < -0.3 is 0 Å². The van der Waals surface area contributed by atoms with Gasteiger partial charge in [0, 0.05) is 11.6 Å². The van der Waals surface area contributed by atoms with Crippen LogP contribution in [0.2, 0.25) is 5.02 Å². The molecule has 0 amide bonds. The first kappa shape index (κ1) is 15.5. The quantitative estimate of drug-likeness (QED) is 0.941. The fraction of sp³-hybridized carbons (Fsp3) is 0.133. The van der Waals surface area contributed by atoms with Gasteiger partial charge in [-0.15, -0.1) is 0 Å². The summed E-state index contributed by atoms with van der Waals surface area (Å²) in [5.74, 6) is 0. The molecule has 6 heteroatoms. The molecule has 0 fully saturated rings. The smallest absolute Gasteiger partial charge is 0.207 e. The first-order valence-electron chi connectivity index (χ1n) is 6.18. The van der Waals surface area contributed by atoms with Crippen molar-refractivity contribution in [3.63, 3.8) is 0 Å². The third-order valence-electron chi connectivity index (χ3n) is 2.99. The van der Waals surface area contributed by atoms with E-state index < -0.39 is 10.0 Å². The summed E-state index contributed by atoms with van der Waals surface area (Å²) in [6, 6.07) is 13.6. The number of hydrogen-bond acceptors (Lipinski definition) is 3. The topological polar surface area (TPSA) is 70.0 Å². The van der Waals surface area contributed by atoms with Crippen LogP contribution in [0.25, 0.3) is 0 Å². The predicted molar refractivity (Wildman–Crippen MR) is 81.4 cm³/mol. The van der Waals surface area contributed by atoms with E-state index in [9.17, 15) is 8.42 Å². The highest BCUT2D eigenvalue weighted by molar-refractivity contribution is 7.89. The summed E-state index contributed by atoms with van der Waals surface area (Å²) in [7, 11) is -3.75. The van der Waals surface area contributed by atoms with E-state index in [4.69, 9.17) is 16.9 Å². The maximum absolute atomic E-state index is 12.3. The molecule has 2 rings (SSSR count). The van der Waals surface area contributed by atoms with E-state index in [2.05, 4.69) is 4.72 Å². The maximum atomic E-state index is 12.3. The van der Waals surface area contributed by atoms with Crippen molar-refractivity contribution in [1.82, 2.24) is 4.72 Å². The van der Waals surface area contributed by atoms with Crippen molar-refractivity contribution in [3.8, 4) is 6.07 Å². The van der Waals surface area contributed by atoms with Crippen LogP contribution in [0.3, 0.4) is 0 Å². The lowest BCUT2D eigenvalue weighted by Gasteiger charge is -2.09. The van der Waals surface area contributed by atoms with Crippen LogP contribution in [-0.2, 0) is 16.6 Å². The molecule has 0 radical (unpaired) electrons. The lowest BCUT2D eigenvalue weighted by Crippen LogP contribution is -2.24.